The predicted octanol–water partition coefficient (Wildman–Crippen LogP) is 2.01. The monoisotopic (exact) mass is 397 g/mol. The smallest absolute Gasteiger partial charge is 0.409 e. The number of fused-ring (bicyclic) bond motifs is 1. The first-order valence-electron chi connectivity index (χ1n) is 10.3. The first kappa shape index (κ1) is 19.6. The summed E-state index contributed by atoms with van der Waals surface area (Å²) in [5, 5.41) is 0. The molecule has 0 aliphatic carbocycles. The molecule has 2 aromatic rings. The van der Waals surface area contributed by atoms with Crippen molar-refractivity contribution in [1.29, 1.82) is 0 Å². The molecule has 8 nitrogen and oxygen atoms in total. The average molecular weight is 397 g/mol. The zero-order chi connectivity index (χ0) is 20.2. The van der Waals surface area contributed by atoms with Crippen molar-refractivity contribution in [3.8, 4) is 0 Å². The normalized spacial score (nSPS) is 20.7. The third-order valence-electron chi connectivity index (χ3n) is 5.76. The van der Waals surface area contributed by atoms with Gasteiger partial charge in [-0.15, -0.1) is 0 Å². The van der Waals surface area contributed by atoms with Gasteiger partial charge in [-0.3, -0.25) is 19.7 Å². The van der Waals surface area contributed by atoms with Gasteiger partial charge in [0.25, 0.3) is 5.91 Å². The number of nitrogens with zero attached hydrogens (tertiary/aromatic N) is 5. The molecule has 1 unspecified atom stereocenters. The highest BCUT2D eigenvalue weighted by atomic mass is 16.6. The molecule has 29 heavy (non-hydrogen) atoms. The Labute approximate surface area is 170 Å². The van der Waals surface area contributed by atoms with Crippen LogP contribution in [0, 0.1) is 0 Å². The summed E-state index contributed by atoms with van der Waals surface area (Å²) in [5.74, 6) is 0.0485. The highest BCUT2D eigenvalue weighted by Gasteiger charge is 2.31. The Morgan fingerprint density at radius 3 is 2.55 bits per heavy atom. The molecule has 4 rings (SSSR count). The van der Waals surface area contributed by atoms with Crippen LogP contribution in [0.5, 0.6) is 0 Å². The van der Waals surface area contributed by atoms with Gasteiger partial charge in [0.2, 0.25) is 0 Å². The van der Waals surface area contributed by atoms with Gasteiger partial charge >= 0.3 is 6.09 Å². The van der Waals surface area contributed by atoms with Gasteiger partial charge in [-0.1, -0.05) is 0 Å². The lowest BCUT2D eigenvalue weighted by Crippen LogP contribution is -2.56. The maximum Gasteiger partial charge on any atom is 0.409 e. The molecule has 0 radical (unpaired) electrons. The van der Waals surface area contributed by atoms with Gasteiger partial charge < -0.3 is 14.5 Å². The standard InChI is InChI=1S/C21H27N5O3/c1-2-29-21(28)25-12-10-24(11-13-25)17-4-3-9-26(15-17)20(27)16-5-6-18-19(14-16)23-8-7-22-18/h5-8,14,17H,2-4,9-13,15H2,1H3. The van der Waals surface area contributed by atoms with Crippen molar-refractivity contribution >= 4 is 23.0 Å². The molecule has 3 heterocycles. The van der Waals surface area contributed by atoms with E-state index in [1.807, 2.05) is 30.0 Å². The fourth-order valence-corrected chi connectivity index (χ4v) is 4.20. The largest absolute Gasteiger partial charge is 0.450 e. The Kier molecular flexibility index (Phi) is 5.89. The van der Waals surface area contributed by atoms with Gasteiger partial charge in [-0.2, -0.15) is 0 Å². The lowest BCUT2D eigenvalue weighted by molar-refractivity contribution is 0.0378. The topological polar surface area (TPSA) is 78.9 Å². The highest BCUT2D eigenvalue weighted by Crippen LogP contribution is 2.21. The summed E-state index contributed by atoms with van der Waals surface area (Å²) in [5.41, 5.74) is 2.19. The van der Waals surface area contributed by atoms with E-state index in [0.29, 0.717) is 31.3 Å². The summed E-state index contributed by atoms with van der Waals surface area (Å²) in [4.78, 5) is 39.7. The number of aromatic nitrogens is 2. The third kappa shape index (κ3) is 4.32. The summed E-state index contributed by atoms with van der Waals surface area (Å²) < 4.78 is 5.10. The fraction of sp³-hybridized carbons (Fsp3) is 0.524. The molecular formula is C21H27N5O3. The molecule has 0 spiro atoms. The van der Waals surface area contributed by atoms with Gasteiger partial charge in [0.15, 0.2) is 0 Å². The minimum Gasteiger partial charge on any atom is -0.450 e. The van der Waals surface area contributed by atoms with Crippen LogP contribution in [0.2, 0.25) is 0 Å². The minimum absolute atomic E-state index is 0.0485. The van der Waals surface area contributed by atoms with Crippen molar-refractivity contribution in [3.63, 3.8) is 0 Å². The van der Waals surface area contributed by atoms with Crippen LogP contribution in [0.25, 0.3) is 11.0 Å². The maximum atomic E-state index is 13.1. The van der Waals surface area contributed by atoms with E-state index >= 15 is 0 Å². The first-order valence-corrected chi connectivity index (χ1v) is 10.3. The Morgan fingerprint density at radius 2 is 1.79 bits per heavy atom. The van der Waals surface area contributed by atoms with Crippen LogP contribution in [0.4, 0.5) is 4.79 Å². The molecular weight excluding hydrogens is 370 g/mol. The molecule has 2 fully saturated rings. The molecule has 2 saturated heterocycles. The van der Waals surface area contributed by atoms with Crippen molar-refractivity contribution in [2.24, 2.45) is 0 Å². The second kappa shape index (κ2) is 8.73. The molecule has 154 valence electrons. The van der Waals surface area contributed by atoms with Crippen LogP contribution in [-0.4, -0.2) is 88.6 Å². The number of piperidine rings is 1. The summed E-state index contributed by atoms with van der Waals surface area (Å²) in [6.45, 7) is 6.70. The van der Waals surface area contributed by atoms with Crippen LogP contribution in [0.1, 0.15) is 30.1 Å². The zero-order valence-corrected chi connectivity index (χ0v) is 16.8. The number of carbonyl (C=O) groups is 2. The average Bonchev–Trinajstić information content (AvgIpc) is 2.78. The lowest BCUT2D eigenvalue weighted by Gasteiger charge is -2.43. The number of amides is 2. The van der Waals surface area contributed by atoms with Gasteiger partial charge in [-0.25, -0.2) is 4.79 Å². The van der Waals surface area contributed by atoms with Crippen molar-refractivity contribution in [3.05, 3.63) is 36.2 Å². The van der Waals surface area contributed by atoms with Crippen LogP contribution in [0.3, 0.4) is 0 Å². The molecule has 1 aromatic heterocycles. The number of benzene rings is 1. The van der Waals surface area contributed by atoms with Gasteiger partial charge in [0.05, 0.1) is 17.6 Å². The van der Waals surface area contributed by atoms with E-state index in [2.05, 4.69) is 14.9 Å². The van der Waals surface area contributed by atoms with E-state index in [9.17, 15) is 9.59 Å². The minimum atomic E-state index is -0.230. The molecule has 8 heteroatoms. The summed E-state index contributed by atoms with van der Waals surface area (Å²) in [6, 6.07) is 5.84. The van der Waals surface area contributed by atoms with E-state index in [4.69, 9.17) is 4.74 Å². The number of likely N-dealkylation sites (tertiary alicyclic amines) is 1. The highest BCUT2D eigenvalue weighted by molar-refractivity contribution is 5.97. The fourth-order valence-electron chi connectivity index (χ4n) is 4.20. The third-order valence-corrected chi connectivity index (χ3v) is 5.76. The SMILES string of the molecule is CCOC(=O)N1CCN(C2CCCN(C(=O)c3ccc4nccnc4c3)C2)CC1. The van der Waals surface area contributed by atoms with E-state index in [1.165, 1.54) is 0 Å². The van der Waals surface area contributed by atoms with Gasteiger partial charge in [0, 0.05) is 63.3 Å². The molecule has 1 atom stereocenters. The van der Waals surface area contributed by atoms with Crippen molar-refractivity contribution < 1.29 is 14.3 Å². The molecule has 2 aliphatic heterocycles. The Hall–Kier alpha value is -2.74. The van der Waals surface area contributed by atoms with Crippen LogP contribution >= 0.6 is 0 Å². The lowest BCUT2D eigenvalue weighted by atomic mass is 10.0. The predicted molar refractivity (Wildman–Crippen MR) is 109 cm³/mol. The maximum absolute atomic E-state index is 13.1. The Bertz CT molecular complexity index is 882. The van der Waals surface area contributed by atoms with Crippen LogP contribution in [0.15, 0.2) is 30.6 Å². The zero-order valence-electron chi connectivity index (χ0n) is 16.8. The number of hydrogen-bond donors (Lipinski definition) is 0. The molecule has 2 aliphatic rings. The second-order valence-corrected chi connectivity index (χ2v) is 7.53. The molecule has 0 bridgehead atoms. The van der Waals surface area contributed by atoms with Gasteiger partial charge in [-0.05, 0) is 38.0 Å². The van der Waals surface area contributed by atoms with E-state index in [0.717, 1.165) is 50.1 Å². The Morgan fingerprint density at radius 1 is 1.03 bits per heavy atom. The van der Waals surface area contributed by atoms with Crippen molar-refractivity contribution in [2.75, 3.05) is 45.9 Å². The molecule has 2 amide bonds. The van der Waals surface area contributed by atoms with Crippen LogP contribution < -0.4 is 0 Å². The van der Waals surface area contributed by atoms with E-state index in [-0.39, 0.29) is 12.0 Å². The summed E-state index contributed by atoms with van der Waals surface area (Å²) >= 11 is 0. The van der Waals surface area contributed by atoms with E-state index < -0.39 is 0 Å². The number of rotatable bonds is 3. The summed E-state index contributed by atoms with van der Waals surface area (Å²) in [6.07, 6.45) is 5.13. The van der Waals surface area contributed by atoms with Crippen LogP contribution in [-0.2, 0) is 4.74 Å². The van der Waals surface area contributed by atoms with Crippen molar-refractivity contribution in [1.82, 2.24) is 24.7 Å². The molecule has 0 N–H and O–H groups in total. The number of piperazine rings is 1. The quantitative estimate of drug-likeness (QED) is 0.788. The Balaban J connectivity index is 1.38. The number of ether oxygens (including phenoxy) is 1. The summed E-state index contributed by atoms with van der Waals surface area (Å²) in [7, 11) is 0. The van der Waals surface area contributed by atoms with Crippen molar-refractivity contribution in [2.45, 2.75) is 25.8 Å². The molecule has 1 aromatic carbocycles. The molecule has 0 saturated carbocycles. The second-order valence-electron chi connectivity index (χ2n) is 7.53. The van der Waals surface area contributed by atoms with Gasteiger partial charge in [0.1, 0.15) is 0 Å². The van der Waals surface area contributed by atoms with E-state index in [1.54, 1.807) is 17.3 Å². The first-order chi connectivity index (χ1) is 14.2. The number of hydrogen-bond acceptors (Lipinski definition) is 6. The number of carbonyl (C=O) groups excluding carboxylic acids is 2.